The molecule has 2 rings (SSSR count). The summed E-state index contributed by atoms with van der Waals surface area (Å²) < 4.78 is 13.6. The quantitative estimate of drug-likeness (QED) is 0.662. The lowest BCUT2D eigenvalue weighted by molar-refractivity contribution is -0.119. The Hall–Kier alpha value is -2.64. The van der Waals surface area contributed by atoms with E-state index in [0.717, 1.165) is 6.07 Å². The number of hydrogen-bond acceptors (Lipinski definition) is 3. The zero-order chi connectivity index (χ0) is 15.4. The van der Waals surface area contributed by atoms with Gasteiger partial charge in [-0.25, -0.2) is 14.0 Å². The van der Waals surface area contributed by atoms with Gasteiger partial charge in [-0.05, 0) is 18.6 Å². The van der Waals surface area contributed by atoms with E-state index in [4.69, 9.17) is 5.11 Å². The Labute approximate surface area is 119 Å². The highest BCUT2D eigenvalue weighted by Crippen LogP contribution is 2.19. The average Bonchev–Trinajstić information content (AvgIpc) is 2.84. The lowest BCUT2D eigenvalue weighted by Gasteiger charge is -2.13. The molecule has 1 heterocycles. The third-order valence-corrected chi connectivity index (χ3v) is 3.08. The second-order valence-corrected chi connectivity index (χ2v) is 4.61. The molecule has 3 amide bonds. The molecule has 1 aliphatic heterocycles. The van der Waals surface area contributed by atoms with Gasteiger partial charge in [-0.1, -0.05) is 6.07 Å². The van der Waals surface area contributed by atoms with Crippen molar-refractivity contribution in [1.29, 1.82) is 0 Å². The molecule has 1 saturated heterocycles. The fraction of sp³-hybridized carbons (Fsp3) is 0.308. The molecule has 7 nitrogen and oxygen atoms in total. The first-order chi connectivity index (χ1) is 9.97. The van der Waals surface area contributed by atoms with E-state index in [0.29, 0.717) is 12.8 Å². The van der Waals surface area contributed by atoms with E-state index in [1.165, 1.54) is 12.1 Å². The second-order valence-electron chi connectivity index (χ2n) is 4.61. The van der Waals surface area contributed by atoms with Crippen molar-refractivity contribution in [2.45, 2.75) is 18.9 Å². The number of para-hydroxylation sites is 1. The average molecular weight is 295 g/mol. The number of carboxylic acid groups (broad SMARTS) is 1. The molecule has 0 saturated carbocycles. The maximum Gasteiger partial charge on any atom is 0.337 e. The van der Waals surface area contributed by atoms with Crippen molar-refractivity contribution in [2.24, 2.45) is 0 Å². The summed E-state index contributed by atoms with van der Waals surface area (Å²) in [6, 6.07) is 2.60. The third kappa shape index (κ3) is 3.68. The van der Waals surface area contributed by atoms with Gasteiger partial charge in [-0.3, -0.25) is 4.79 Å². The van der Waals surface area contributed by atoms with Gasteiger partial charge in [0.25, 0.3) is 0 Å². The first-order valence-corrected chi connectivity index (χ1v) is 6.33. The predicted octanol–water partition coefficient (Wildman–Crippen LogP) is 0.924. The van der Waals surface area contributed by atoms with E-state index in [2.05, 4.69) is 16.0 Å². The van der Waals surface area contributed by atoms with E-state index < -0.39 is 23.5 Å². The molecule has 21 heavy (non-hydrogen) atoms. The van der Waals surface area contributed by atoms with Gasteiger partial charge in [0.05, 0.1) is 11.3 Å². The van der Waals surface area contributed by atoms with Crippen LogP contribution in [0.4, 0.5) is 14.9 Å². The van der Waals surface area contributed by atoms with Gasteiger partial charge in [0.15, 0.2) is 0 Å². The number of hydrogen-bond donors (Lipinski definition) is 4. The highest BCUT2D eigenvalue weighted by atomic mass is 19.1. The minimum atomic E-state index is -1.34. The topological polar surface area (TPSA) is 108 Å². The number of aromatic carboxylic acids is 1. The molecule has 112 valence electrons. The van der Waals surface area contributed by atoms with E-state index in [-0.39, 0.29) is 24.1 Å². The molecule has 8 heteroatoms. The Morgan fingerprint density at radius 2 is 2.19 bits per heavy atom. The van der Waals surface area contributed by atoms with Crippen LogP contribution in [0.25, 0.3) is 0 Å². The van der Waals surface area contributed by atoms with Crippen LogP contribution in [-0.2, 0) is 4.79 Å². The van der Waals surface area contributed by atoms with Crippen LogP contribution in [0, 0.1) is 5.82 Å². The number of carboxylic acids is 1. The van der Waals surface area contributed by atoms with Gasteiger partial charge >= 0.3 is 12.0 Å². The van der Waals surface area contributed by atoms with Crippen molar-refractivity contribution in [3.63, 3.8) is 0 Å². The molecule has 0 aliphatic carbocycles. The molecule has 4 N–H and O–H groups in total. The van der Waals surface area contributed by atoms with Crippen molar-refractivity contribution in [3.05, 3.63) is 29.6 Å². The summed E-state index contributed by atoms with van der Waals surface area (Å²) in [5.41, 5.74) is -0.725. The number of rotatable bonds is 4. The summed E-state index contributed by atoms with van der Waals surface area (Å²) in [5.74, 6) is -2.25. The van der Waals surface area contributed by atoms with Crippen LogP contribution >= 0.6 is 0 Å². The molecule has 1 atom stereocenters. The van der Waals surface area contributed by atoms with Crippen LogP contribution in [-0.4, -0.2) is 35.6 Å². The van der Waals surface area contributed by atoms with Gasteiger partial charge < -0.3 is 21.1 Å². The van der Waals surface area contributed by atoms with Gasteiger partial charge in [-0.2, -0.15) is 0 Å². The Kier molecular flexibility index (Phi) is 4.36. The van der Waals surface area contributed by atoms with Crippen LogP contribution in [0.3, 0.4) is 0 Å². The summed E-state index contributed by atoms with van der Waals surface area (Å²) in [7, 11) is 0. The monoisotopic (exact) mass is 295 g/mol. The summed E-state index contributed by atoms with van der Waals surface area (Å²) in [6.45, 7) is 0.189. The maximum atomic E-state index is 13.6. The molecule has 0 radical (unpaired) electrons. The van der Waals surface area contributed by atoms with Gasteiger partial charge in [0.2, 0.25) is 5.91 Å². The number of carbonyl (C=O) groups excluding carboxylic acids is 2. The zero-order valence-electron chi connectivity index (χ0n) is 11.0. The molecule has 1 aromatic carbocycles. The smallest absolute Gasteiger partial charge is 0.337 e. The summed E-state index contributed by atoms with van der Waals surface area (Å²) in [6.07, 6.45) is 1.02. The molecule has 1 unspecified atom stereocenters. The fourth-order valence-electron chi connectivity index (χ4n) is 2.03. The number of halogens is 1. The number of urea groups is 1. The fourth-order valence-corrected chi connectivity index (χ4v) is 2.03. The van der Waals surface area contributed by atoms with Gasteiger partial charge in [0.1, 0.15) is 5.82 Å². The first kappa shape index (κ1) is 14.8. The van der Waals surface area contributed by atoms with Crippen molar-refractivity contribution < 1.29 is 23.9 Å². The summed E-state index contributed by atoms with van der Waals surface area (Å²) in [4.78, 5) is 33.7. The second kappa shape index (κ2) is 6.21. The largest absolute Gasteiger partial charge is 0.478 e. The standard InChI is InChI=1S/C13H14FN3O4/c14-9-3-1-2-8(12(19)20)11(9)17-13(21)15-6-7-4-5-10(18)16-7/h1-3,7H,4-6H2,(H,16,18)(H,19,20)(H2,15,17,21). The number of carbonyl (C=O) groups is 3. The van der Waals surface area contributed by atoms with E-state index in [1.54, 1.807) is 0 Å². The lowest BCUT2D eigenvalue weighted by atomic mass is 10.1. The molecule has 1 aromatic rings. The molecule has 0 spiro atoms. The molecule has 0 bridgehead atoms. The minimum Gasteiger partial charge on any atom is -0.478 e. The van der Waals surface area contributed by atoms with E-state index >= 15 is 0 Å². The van der Waals surface area contributed by atoms with Crippen LogP contribution in [0.15, 0.2) is 18.2 Å². The minimum absolute atomic E-state index is 0.0792. The highest BCUT2D eigenvalue weighted by Gasteiger charge is 2.21. The number of anilines is 1. The van der Waals surface area contributed by atoms with E-state index in [1.807, 2.05) is 0 Å². The SMILES string of the molecule is O=C1CCC(CNC(=O)Nc2c(F)cccc2C(=O)O)N1. The van der Waals surface area contributed by atoms with Gasteiger partial charge in [0, 0.05) is 19.0 Å². The summed E-state index contributed by atoms with van der Waals surface area (Å²) in [5, 5.41) is 16.3. The first-order valence-electron chi connectivity index (χ1n) is 6.33. The Balaban J connectivity index is 1.96. The van der Waals surface area contributed by atoms with E-state index in [9.17, 15) is 18.8 Å². The molecular weight excluding hydrogens is 281 g/mol. The summed E-state index contributed by atoms with van der Waals surface area (Å²) >= 11 is 0. The Morgan fingerprint density at radius 1 is 1.43 bits per heavy atom. The predicted molar refractivity (Wildman–Crippen MR) is 71.5 cm³/mol. The lowest BCUT2D eigenvalue weighted by Crippen LogP contribution is -2.40. The molecular formula is C13H14FN3O4. The number of nitrogens with one attached hydrogen (secondary N) is 3. The maximum absolute atomic E-state index is 13.6. The Bertz CT molecular complexity index is 591. The van der Waals surface area contributed by atoms with Crippen LogP contribution in [0.5, 0.6) is 0 Å². The molecule has 1 fully saturated rings. The van der Waals surface area contributed by atoms with Crippen LogP contribution < -0.4 is 16.0 Å². The van der Waals surface area contributed by atoms with Crippen molar-refractivity contribution >= 4 is 23.6 Å². The van der Waals surface area contributed by atoms with Crippen LogP contribution in [0.1, 0.15) is 23.2 Å². The molecule has 1 aliphatic rings. The highest BCUT2D eigenvalue weighted by molar-refractivity contribution is 6.00. The zero-order valence-corrected chi connectivity index (χ0v) is 11.0. The number of amides is 3. The van der Waals surface area contributed by atoms with Crippen molar-refractivity contribution in [3.8, 4) is 0 Å². The van der Waals surface area contributed by atoms with Crippen molar-refractivity contribution in [1.82, 2.24) is 10.6 Å². The normalized spacial score (nSPS) is 17.2. The van der Waals surface area contributed by atoms with Gasteiger partial charge in [-0.15, -0.1) is 0 Å². The third-order valence-electron chi connectivity index (χ3n) is 3.08. The van der Waals surface area contributed by atoms with Crippen LogP contribution in [0.2, 0.25) is 0 Å². The Morgan fingerprint density at radius 3 is 2.81 bits per heavy atom. The molecule has 0 aromatic heterocycles. The van der Waals surface area contributed by atoms with Crippen molar-refractivity contribution in [2.75, 3.05) is 11.9 Å². The number of benzene rings is 1.